The van der Waals surface area contributed by atoms with Gasteiger partial charge >= 0.3 is 5.97 Å². The molecule has 1 aromatic rings. The van der Waals surface area contributed by atoms with Gasteiger partial charge in [0, 0.05) is 50.9 Å². The van der Waals surface area contributed by atoms with E-state index in [4.69, 9.17) is 45.9 Å². The number of nitrogens with two attached hydrogens (primary N) is 8. The number of amides is 7. The van der Waals surface area contributed by atoms with Crippen molar-refractivity contribution in [2.24, 2.45) is 60.8 Å². The van der Waals surface area contributed by atoms with Gasteiger partial charge in [0.25, 0.3) is 0 Å². The Morgan fingerprint density at radius 2 is 1.19 bits per heavy atom. The lowest BCUT2D eigenvalue weighted by molar-refractivity contribution is -0.145. The van der Waals surface area contributed by atoms with Gasteiger partial charge in [-0.05, 0) is 64.7 Å². The summed E-state index contributed by atoms with van der Waals surface area (Å²) in [5.41, 5.74) is 44.1. The molecule has 2 heterocycles. The average molecular weight is 950 g/mol. The van der Waals surface area contributed by atoms with Gasteiger partial charge in [0.05, 0.1) is 12.4 Å². The van der Waals surface area contributed by atoms with Gasteiger partial charge in [-0.3, -0.25) is 48.5 Å². The number of hydrogen-bond donors (Lipinski definition) is 16. The molecule has 0 radical (unpaired) electrons. The van der Waals surface area contributed by atoms with Gasteiger partial charge in [0.15, 0.2) is 17.9 Å². The Labute approximate surface area is 385 Å². The first kappa shape index (κ1) is 55.8. The number of aliphatic hydroxyl groups excluding tert-OH is 1. The van der Waals surface area contributed by atoms with Gasteiger partial charge < -0.3 is 92.6 Å². The van der Waals surface area contributed by atoms with E-state index in [1.54, 1.807) is 0 Å². The maximum atomic E-state index is 14.2. The van der Waals surface area contributed by atoms with Crippen molar-refractivity contribution in [3.05, 3.63) is 18.2 Å². The van der Waals surface area contributed by atoms with Crippen molar-refractivity contribution < 1.29 is 48.6 Å². The summed E-state index contributed by atoms with van der Waals surface area (Å²) in [6.45, 7) is 1.51. The Morgan fingerprint density at radius 3 is 1.66 bits per heavy atom. The van der Waals surface area contributed by atoms with Gasteiger partial charge in [-0.25, -0.2) is 9.78 Å². The van der Waals surface area contributed by atoms with Crippen LogP contribution in [0.2, 0.25) is 0 Å². The second-order valence-electron chi connectivity index (χ2n) is 15.7. The highest BCUT2D eigenvalue weighted by atomic mass is 16.4. The van der Waals surface area contributed by atoms with E-state index in [1.807, 2.05) is 0 Å². The number of H-pyrrole nitrogens is 1. The Bertz CT molecular complexity index is 1920. The normalized spacial score (nSPS) is 16.3. The number of nitrogens with zero attached hydrogens (tertiary/aromatic N) is 5. The molecule has 8 atom stereocenters. The van der Waals surface area contributed by atoms with Gasteiger partial charge in [0.2, 0.25) is 41.4 Å². The van der Waals surface area contributed by atoms with Crippen LogP contribution in [0.25, 0.3) is 0 Å². The molecule has 67 heavy (non-hydrogen) atoms. The molecule has 24 N–H and O–H groups in total. The predicted octanol–water partition coefficient (Wildman–Crippen LogP) is -7.41. The van der Waals surface area contributed by atoms with E-state index in [0.717, 1.165) is 0 Å². The fraction of sp³-hybridized carbons (Fsp3) is 0.632. The zero-order chi connectivity index (χ0) is 50.2. The number of guanidine groups is 3. The lowest BCUT2D eigenvalue weighted by atomic mass is 10.0. The summed E-state index contributed by atoms with van der Waals surface area (Å²) in [5, 5.41) is 32.4. The minimum atomic E-state index is -1.47. The van der Waals surface area contributed by atoms with Crippen molar-refractivity contribution in [3.63, 3.8) is 0 Å². The molecule has 1 aromatic heterocycles. The van der Waals surface area contributed by atoms with Crippen LogP contribution in [0.15, 0.2) is 27.5 Å². The largest absolute Gasteiger partial charge is 0.480 e. The summed E-state index contributed by atoms with van der Waals surface area (Å²) in [6, 6.07) is -9.59. The number of carboxylic acid groups (broad SMARTS) is 1. The molecular formula is C38H67N19O10. The lowest BCUT2D eigenvalue weighted by Gasteiger charge is -2.30. The van der Waals surface area contributed by atoms with Crippen LogP contribution in [0, 0.1) is 0 Å². The number of imidazole rings is 1. The molecular weight excluding hydrogens is 883 g/mol. The molecule has 29 heteroatoms. The predicted molar refractivity (Wildman–Crippen MR) is 242 cm³/mol. The molecule has 1 fully saturated rings. The van der Waals surface area contributed by atoms with Crippen LogP contribution in [0.5, 0.6) is 0 Å². The van der Waals surface area contributed by atoms with Gasteiger partial charge in [-0.1, -0.05) is 0 Å². The number of hydrogen-bond acceptors (Lipinski definition) is 14. The smallest absolute Gasteiger partial charge is 0.326 e. The second-order valence-corrected chi connectivity index (χ2v) is 15.7. The lowest BCUT2D eigenvalue weighted by Crippen LogP contribution is -2.60. The zero-order valence-corrected chi connectivity index (χ0v) is 37.4. The molecule has 2 rings (SSSR count). The maximum Gasteiger partial charge on any atom is 0.326 e. The van der Waals surface area contributed by atoms with Crippen LogP contribution in [0.1, 0.15) is 76.8 Å². The summed E-state index contributed by atoms with van der Waals surface area (Å²) < 4.78 is 0. The number of carbonyl (C=O) groups excluding carboxylic acids is 7. The number of primary amides is 1. The minimum Gasteiger partial charge on any atom is -0.480 e. The first-order valence-electron chi connectivity index (χ1n) is 21.5. The van der Waals surface area contributed by atoms with E-state index in [-0.39, 0.29) is 108 Å². The quantitative estimate of drug-likeness (QED) is 0.0193. The van der Waals surface area contributed by atoms with Crippen molar-refractivity contribution in [1.29, 1.82) is 0 Å². The molecule has 1 aliphatic rings. The highest BCUT2D eigenvalue weighted by Crippen LogP contribution is 2.21. The number of likely N-dealkylation sites (tertiary alicyclic amines) is 1. The summed E-state index contributed by atoms with van der Waals surface area (Å²) in [5.74, 6) is -7.89. The fourth-order valence-electron chi connectivity index (χ4n) is 6.75. The molecule has 1 aliphatic heterocycles. The molecule has 0 spiro atoms. The second kappa shape index (κ2) is 28.6. The third kappa shape index (κ3) is 20.6. The van der Waals surface area contributed by atoms with Crippen molar-refractivity contribution in [3.8, 4) is 0 Å². The maximum absolute atomic E-state index is 14.2. The zero-order valence-electron chi connectivity index (χ0n) is 37.4. The summed E-state index contributed by atoms with van der Waals surface area (Å²) >= 11 is 0. The molecule has 0 aliphatic carbocycles. The minimum absolute atomic E-state index is 0.00630. The fourth-order valence-corrected chi connectivity index (χ4v) is 6.75. The Balaban J connectivity index is 2.44. The summed E-state index contributed by atoms with van der Waals surface area (Å²) in [7, 11) is 0. The first-order chi connectivity index (χ1) is 31.6. The number of aromatic amines is 1. The number of aliphatic imine (C=N–C) groups is 3. The Hall–Kier alpha value is -7.30. The van der Waals surface area contributed by atoms with Gasteiger partial charge in [0.1, 0.15) is 42.3 Å². The molecule has 1 saturated heterocycles. The molecule has 0 unspecified atom stereocenters. The van der Waals surface area contributed by atoms with Crippen LogP contribution in [-0.4, -0.2) is 165 Å². The topological polar surface area (TPSA) is 514 Å². The van der Waals surface area contributed by atoms with Crippen LogP contribution in [0.4, 0.5) is 0 Å². The first-order valence-corrected chi connectivity index (χ1v) is 21.5. The number of rotatable bonds is 30. The SMILES string of the molecule is C[C@@H](O)[C@H](N)C(=O)N[C@@H](CCCN=C(N)N)C(=O)N[C@@H](Cc1cnc[nH]1)C(=O)N[C@@H](CCCN=C(N)N)C(=O)N[C@@H](CCC(N)=O)C(=O)N1CCC[C@H]1C(=O)N[C@@H](CCCN=C(N)N)C(=O)O. The number of aromatic nitrogens is 2. The molecule has 374 valence electrons. The molecule has 0 aromatic carbocycles. The van der Waals surface area contributed by atoms with Crippen LogP contribution >= 0.6 is 0 Å². The van der Waals surface area contributed by atoms with Crippen molar-refractivity contribution in [2.75, 3.05) is 26.2 Å². The number of aliphatic carboxylic acids is 1. The average Bonchev–Trinajstić information content (AvgIpc) is 3.97. The third-order valence-electron chi connectivity index (χ3n) is 10.3. The highest BCUT2D eigenvalue weighted by Gasteiger charge is 2.40. The Morgan fingerprint density at radius 1 is 0.716 bits per heavy atom. The van der Waals surface area contributed by atoms with E-state index in [9.17, 15) is 48.6 Å². The highest BCUT2D eigenvalue weighted by molar-refractivity contribution is 5.97. The molecule has 0 saturated carbocycles. The monoisotopic (exact) mass is 950 g/mol. The molecule has 29 nitrogen and oxygen atoms in total. The number of nitrogens with one attached hydrogen (secondary N) is 6. The van der Waals surface area contributed by atoms with Crippen LogP contribution in [0.3, 0.4) is 0 Å². The van der Waals surface area contributed by atoms with Crippen LogP contribution in [-0.2, 0) is 44.8 Å². The number of carboxylic acids is 1. The van der Waals surface area contributed by atoms with E-state index >= 15 is 0 Å². The summed E-state index contributed by atoms with van der Waals surface area (Å²) in [4.78, 5) is 126. The molecule has 0 bridgehead atoms. The van der Waals surface area contributed by atoms with Gasteiger partial charge in [-0.15, -0.1) is 0 Å². The third-order valence-corrected chi connectivity index (χ3v) is 10.3. The van der Waals surface area contributed by atoms with E-state index < -0.39 is 95.7 Å². The van der Waals surface area contributed by atoms with Crippen LogP contribution < -0.4 is 72.5 Å². The van der Waals surface area contributed by atoms with Crippen molar-refractivity contribution in [2.45, 2.75) is 126 Å². The number of carbonyl (C=O) groups is 8. The van der Waals surface area contributed by atoms with E-state index in [1.165, 1.54) is 24.3 Å². The van der Waals surface area contributed by atoms with Crippen molar-refractivity contribution >= 4 is 65.2 Å². The number of aliphatic hydroxyl groups is 1. The standard InChI is InChI=1S/C38H67N19O10/c1-19(58)28(40)33(64)53-22(7-3-13-49-37(43)44)30(61)56-25(16-20-17-47-18-51-20)31(62)52-21(6-2-12-48-36(41)42)29(60)54-23(10-11-27(39)59)34(65)57-15-5-9-26(57)32(63)55-24(35(66)67)8-4-14-50-38(45)46/h17-19,21-26,28,58H,2-16,40H2,1H3,(H2,39,59)(H,47,51)(H,52,62)(H,53,64)(H,54,60)(H,55,63)(H,56,61)(H,66,67)(H4,41,42,48)(H4,43,44,49)(H4,45,46,50)/t19-,21+,22+,23+,24+,25+,26+,28+/m1/s1. The van der Waals surface area contributed by atoms with Crippen molar-refractivity contribution in [1.82, 2.24) is 41.5 Å². The van der Waals surface area contributed by atoms with E-state index in [0.29, 0.717) is 12.1 Å². The summed E-state index contributed by atoms with van der Waals surface area (Å²) in [6.07, 6.45) is 1.29. The Kier molecular flexibility index (Phi) is 23.8. The molecule has 7 amide bonds. The van der Waals surface area contributed by atoms with Gasteiger partial charge in [-0.2, -0.15) is 0 Å². The van der Waals surface area contributed by atoms with E-state index in [2.05, 4.69) is 51.5 Å².